The van der Waals surface area contributed by atoms with Gasteiger partial charge in [0.2, 0.25) is 0 Å². The highest BCUT2D eigenvalue weighted by Gasteiger charge is 2.12. The van der Waals surface area contributed by atoms with Crippen molar-refractivity contribution < 1.29 is 9.59 Å². The fraction of sp³-hybridized carbons (Fsp3) is 0. The number of aromatic nitrogens is 2. The normalized spacial score (nSPS) is 10.3. The van der Waals surface area contributed by atoms with E-state index in [9.17, 15) is 9.59 Å². The molecule has 120 valence electrons. The lowest BCUT2D eigenvalue weighted by Crippen LogP contribution is -2.34. The first-order chi connectivity index (χ1) is 11.5. The summed E-state index contributed by atoms with van der Waals surface area (Å²) in [6, 6.07) is 11.6. The Balaban J connectivity index is 1.72. The second kappa shape index (κ2) is 6.69. The molecule has 1 aromatic heterocycles. The van der Waals surface area contributed by atoms with Crippen LogP contribution in [0.4, 0.5) is 5.69 Å². The van der Waals surface area contributed by atoms with E-state index >= 15 is 0 Å². The first-order valence-corrected chi connectivity index (χ1v) is 7.92. The van der Waals surface area contributed by atoms with Crippen LogP contribution in [-0.4, -0.2) is 25.7 Å². The smallest absolute Gasteiger partial charge is 0.257 e. The molecule has 2 aromatic carbocycles. The van der Waals surface area contributed by atoms with Crippen LogP contribution in [0.15, 0.2) is 42.5 Å². The Labute approximate surface area is 146 Å². The summed E-state index contributed by atoms with van der Waals surface area (Å²) in [6.45, 7) is 0. The molecule has 3 aromatic rings. The molecule has 0 saturated heterocycles. The molecule has 1 heterocycles. The molecule has 0 aliphatic carbocycles. The maximum Gasteiger partial charge on any atom is 0.257 e. The van der Waals surface area contributed by atoms with Crippen LogP contribution in [-0.2, 0) is 0 Å². The van der Waals surface area contributed by atoms with Crippen molar-refractivity contribution in [3.63, 3.8) is 0 Å². The van der Waals surface area contributed by atoms with Crippen molar-refractivity contribution in [3.05, 3.63) is 53.6 Å². The number of hydrogen-bond donors (Lipinski definition) is 3. The number of fused-ring (bicyclic) bond motifs is 1. The van der Waals surface area contributed by atoms with Gasteiger partial charge in [0.25, 0.3) is 11.8 Å². The number of nitrogens with one attached hydrogen (secondary N) is 2. The van der Waals surface area contributed by atoms with Crippen molar-refractivity contribution in [2.45, 2.75) is 0 Å². The molecule has 0 fully saturated rings. The summed E-state index contributed by atoms with van der Waals surface area (Å²) in [6.07, 6.45) is 0. The number of amides is 2. The number of carbonyl (C=O) groups is 2. The van der Waals surface area contributed by atoms with Gasteiger partial charge in [-0.15, -0.1) is 0 Å². The van der Waals surface area contributed by atoms with E-state index in [1.807, 2.05) is 0 Å². The van der Waals surface area contributed by atoms with Gasteiger partial charge in [-0.2, -0.15) is 8.75 Å². The van der Waals surface area contributed by atoms with Gasteiger partial charge in [0.15, 0.2) is 5.11 Å². The van der Waals surface area contributed by atoms with Crippen LogP contribution in [0.2, 0.25) is 0 Å². The SMILES string of the molecule is NC(=O)c1ccccc1NC(=S)NC(=O)c1ccc2nsnc2c1. The van der Waals surface area contributed by atoms with Crippen LogP contribution in [0.3, 0.4) is 0 Å². The Hall–Kier alpha value is -2.91. The van der Waals surface area contributed by atoms with Crippen LogP contribution in [0, 0.1) is 0 Å². The number of nitrogens with zero attached hydrogens (tertiary/aromatic N) is 2. The lowest BCUT2D eigenvalue weighted by molar-refractivity contribution is 0.0975. The molecule has 7 nitrogen and oxygen atoms in total. The number of anilines is 1. The zero-order chi connectivity index (χ0) is 17.1. The molecule has 0 atom stereocenters. The zero-order valence-electron chi connectivity index (χ0n) is 12.1. The topological polar surface area (TPSA) is 110 Å². The average molecular weight is 357 g/mol. The quantitative estimate of drug-likeness (QED) is 0.618. The van der Waals surface area contributed by atoms with E-state index in [4.69, 9.17) is 18.0 Å². The third kappa shape index (κ3) is 3.36. The highest BCUT2D eigenvalue weighted by atomic mass is 32.1. The summed E-state index contributed by atoms with van der Waals surface area (Å²) in [5, 5.41) is 5.41. The first-order valence-electron chi connectivity index (χ1n) is 6.78. The standard InChI is InChI=1S/C15H11N5O2S2/c16-13(21)9-3-1-2-4-10(9)17-15(23)18-14(22)8-5-6-11-12(7-8)20-24-19-11/h1-7H,(H2,16,21)(H2,17,18,22,23). The van der Waals surface area contributed by atoms with Crippen molar-refractivity contribution in [1.82, 2.24) is 14.1 Å². The van der Waals surface area contributed by atoms with E-state index in [1.165, 1.54) is 0 Å². The van der Waals surface area contributed by atoms with Gasteiger partial charge >= 0.3 is 0 Å². The molecule has 0 aliphatic rings. The van der Waals surface area contributed by atoms with Gasteiger partial charge in [0.1, 0.15) is 11.0 Å². The first kappa shape index (κ1) is 16.0. The van der Waals surface area contributed by atoms with Crippen LogP contribution >= 0.6 is 23.9 Å². The van der Waals surface area contributed by atoms with Gasteiger partial charge in [-0.25, -0.2) is 0 Å². The molecular formula is C15H11N5O2S2. The van der Waals surface area contributed by atoms with E-state index in [1.54, 1.807) is 42.5 Å². The van der Waals surface area contributed by atoms with Gasteiger partial charge in [0.05, 0.1) is 23.0 Å². The van der Waals surface area contributed by atoms with Crippen LogP contribution in [0.1, 0.15) is 20.7 Å². The highest BCUT2D eigenvalue weighted by molar-refractivity contribution is 7.80. The van der Waals surface area contributed by atoms with Gasteiger partial charge in [0, 0.05) is 5.56 Å². The third-order valence-corrected chi connectivity index (χ3v) is 3.94. The molecule has 0 spiro atoms. The van der Waals surface area contributed by atoms with E-state index in [0.717, 1.165) is 17.2 Å². The number of hydrogen-bond acceptors (Lipinski definition) is 6. The third-order valence-electron chi connectivity index (χ3n) is 3.18. The number of carbonyl (C=O) groups excluding carboxylic acids is 2. The molecule has 4 N–H and O–H groups in total. The Morgan fingerprint density at radius 2 is 1.83 bits per heavy atom. The molecule has 0 aliphatic heterocycles. The summed E-state index contributed by atoms with van der Waals surface area (Å²) in [7, 11) is 0. The molecule has 9 heteroatoms. The van der Waals surface area contributed by atoms with E-state index in [0.29, 0.717) is 16.8 Å². The average Bonchev–Trinajstić information content (AvgIpc) is 3.02. The van der Waals surface area contributed by atoms with Crippen LogP contribution in [0.25, 0.3) is 11.0 Å². The van der Waals surface area contributed by atoms with Gasteiger partial charge in [-0.05, 0) is 42.5 Å². The molecule has 2 amide bonds. The largest absolute Gasteiger partial charge is 0.366 e. The van der Waals surface area contributed by atoms with Crippen molar-refractivity contribution >= 4 is 57.6 Å². The Kier molecular flexibility index (Phi) is 4.45. The van der Waals surface area contributed by atoms with E-state index in [-0.39, 0.29) is 16.6 Å². The van der Waals surface area contributed by atoms with Crippen LogP contribution < -0.4 is 16.4 Å². The number of rotatable bonds is 3. The minimum Gasteiger partial charge on any atom is -0.366 e. The monoisotopic (exact) mass is 357 g/mol. The number of para-hydroxylation sites is 1. The van der Waals surface area contributed by atoms with Gasteiger partial charge in [-0.1, -0.05) is 12.1 Å². The number of thiocarbonyl (C=S) groups is 1. The zero-order valence-corrected chi connectivity index (χ0v) is 13.8. The number of primary amides is 1. The summed E-state index contributed by atoms with van der Waals surface area (Å²) >= 11 is 6.20. The Morgan fingerprint density at radius 1 is 1.08 bits per heavy atom. The predicted molar refractivity (Wildman–Crippen MR) is 96.1 cm³/mol. The molecule has 0 bridgehead atoms. The lowest BCUT2D eigenvalue weighted by atomic mass is 10.1. The lowest BCUT2D eigenvalue weighted by Gasteiger charge is -2.11. The predicted octanol–water partition coefficient (Wildman–Crippen LogP) is 1.92. The fourth-order valence-corrected chi connectivity index (χ4v) is 2.78. The summed E-state index contributed by atoms with van der Waals surface area (Å²) in [5.41, 5.74) is 7.79. The second-order valence-corrected chi connectivity index (χ2v) is 5.72. The van der Waals surface area contributed by atoms with Gasteiger partial charge < -0.3 is 11.1 Å². The Morgan fingerprint density at radius 3 is 2.62 bits per heavy atom. The maximum atomic E-state index is 12.3. The fourth-order valence-electron chi connectivity index (χ4n) is 2.06. The van der Waals surface area contributed by atoms with Crippen molar-refractivity contribution in [2.24, 2.45) is 5.73 Å². The highest BCUT2D eigenvalue weighted by Crippen LogP contribution is 2.15. The molecule has 0 saturated carbocycles. The summed E-state index contributed by atoms with van der Waals surface area (Å²) in [5.74, 6) is -0.979. The van der Waals surface area contributed by atoms with Crippen molar-refractivity contribution in [1.29, 1.82) is 0 Å². The molecule has 3 rings (SSSR count). The molecule has 0 radical (unpaired) electrons. The van der Waals surface area contributed by atoms with Gasteiger partial charge in [-0.3, -0.25) is 14.9 Å². The van der Waals surface area contributed by atoms with Crippen LogP contribution in [0.5, 0.6) is 0 Å². The number of benzene rings is 2. The minimum absolute atomic E-state index is 0.0604. The number of nitrogens with two attached hydrogens (primary N) is 1. The maximum absolute atomic E-state index is 12.3. The van der Waals surface area contributed by atoms with E-state index < -0.39 is 5.91 Å². The molecular weight excluding hydrogens is 346 g/mol. The molecule has 0 unspecified atom stereocenters. The Bertz CT molecular complexity index is 954. The van der Waals surface area contributed by atoms with Crippen molar-refractivity contribution in [3.8, 4) is 0 Å². The second-order valence-electron chi connectivity index (χ2n) is 4.79. The summed E-state index contributed by atoms with van der Waals surface area (Å²) in [4.78, 5) is 23.6. The minimum atomic E-state index is -0.589. The van der Waals surface area contributed by atoms with E-state index in [2.05, 4.69) is 19.4 Å². The van der Waals surface area contributed by atoms with Crippen molar-refractivity contribution in [2.75, 3.05) is 5.32 Å². The molecule has 24 heavy (non-hydrogen) atoms. The summed E-state index contributed by atoms with van der Waals surface area (Å²) < 4.78 is 8.17.